The molecule has 14 heteroatoms. The number of phenolic OH excluding ortho intramolecular Hbond substituents is 2. The molecule has 0 amide bonds. The van der Waals surface area contributed by atoms with E-state index in [-0.39, 0.29) is 50.7 Å². The number of fused-ring (bicyclic) bond motifs is 2. The van der Waals surface area contributed by atoms with Gasteiger partial charge in [-0.2, -0.15) is 0 Å². The smallest absolute Gasteiger partial charge is 0.350 e. The minimum atomic E-state index is -1.40. The normalized spacial score (nSPS) is 22.7. The zero-order chi connectivity index (χ0) is 24.7. The van der Waals surface area contributed by atoms with E-state index < -0.39 is 35.5 Å². The molecule has 1 aromatic rings. The van der Waals surface area contributed by atoms with Gasteiger partial charge in [0.05, 0.1) is 28.1 Å². The predicted molar refractivity (Wildman–Crippen MR) is 120 cm³/mol. The first-order valence-electron chi connectivity index (χ1n) is 9.53. The maximum atomic E-state index is 12.4. The molecule has 4 heterocycles. The number of benzene rings is 1. The molecule has 2 fully saturated rings. The van der Waals surface area contributed by atoms with Crippen LogP contribution in [0.3, 0.4) is 0 Å². The second-order valence-electron chi connectivity index (χ2n) is 8.10. The van der Waals surface area contributed by atoms with Crippen LogP contribution >= 0.6 is 47.0 Å². The summed E-state index contributed by atoms with van der Waals surface area (Å²) in [5, 5.41) is 21.9. The molecule has 0 bridgehead atoms. The summed E-state index contributed by atoms with van der Waals surface area (Å²) >= 11 is 3.62. The van der Waals surface area contributed by atoms with Gasteiger partial charge in [0, 0.05) is 27.7 Å². The summed E-state index contributed by atoms with van der Waals surface area (Å²) in [4.78, 5) is 50.5. The van der Waals surface area contributed by atoms with E-state index in [4.69, 9.17) is 18.9 Å². The number of carbonyl (C=O) groups excluding carboxylic acids is 4. The van der Waals surface area contributed by atoms with Gasteiger partial charge in [0.2, 0.25) is 0 Å². The summed E-state index contributed by atoms with van der Waals surface area (Å²) in [7, 11) is 0. The van der Waals surface area contributed by atoms with Crippen molar-refractivity contribution in [2.24, 2.45) is 0 Å². The molecule has 0 aromatic heterocycles. The Morgan fingerprint density at radius 2 is 0.765 bits per heavy atom. The van der Waals surface area contributed by atoms with Gasteiger partial charge in [-0.1, -0.05) is 47.0 Å². The molecule has 0 saturated carbocycles. The molecule has 178 valence electrons. The first kappa shape index (κ1) is 23.3. The number of phenols is 2. The fourth-order valence-electron chi connectivity index (χ4n) is 3.27. The second-order valence-corrected chi connectivity index (χ2v) is 12.7. The molecule has 2 N–H and O–H groups in total. The summed E-state index contributed by atoms with van der Waals surface area (Å²) in [6.45, 7) is 5.70. The van der Waals surface area contributed by atoms with Crippen molar-refractivity contribution in [1.82, 2.24) is 0 Å². The summed E-state index contributed by atoms with van der Waals surface area (Å²) in [5.41, 5.74) is -0.661. The van der Waals surface area contributed by atoms with Crippen LogP contribution in [0.25, 0.3) is 0 Å². The van der Waals surface area contributed by atoms with Crippen molar-refractivity contribution < 1.29 is 48.3 Å². The quantitative estimate of drug-likeness (QED) is 0.213. The largest absolute Gasteiger partial charge is 0.505 e. The van der Waals surface area contributed by atoms with Crippen molar-refractivity contribution in [3.8, 4) is 11.5 Å². The molecule has 5 rings (SSSR count). The molecule has 0 atom stereocenters. The van der Waals surface area contributed by atoms with E-state index in [0.29, 0.717) is 0 Å². The van der Waals surface area contributed by atoms with Crippen molar-refractivity contribution >= 4 is 70.9 Å². The van der Waals surface area contributed by atoms with Gasteiger partial charge < -0.3 is 29.2 Å². The average Bonchev–Trinajstić information content (AvgIpc) is 3.28. The number of thioether (sulfide) groups is 4. The second kappa shape index (κ2) is 7.54. The van der Waals surface area contributed by atoms with Crippen LogP contribution in [0.1, 0.15) is 27.7 Å². The van der Waals surface area contributed by atoms with Crippen LogP contribution in [-0.4, -0.2) is 45.7 Å². The van der Waals surface area contributed by atoms with Crippen LogP contribution < -0.4 is 0 Å². The number of hydrogen-bond donors (Lipinski definition) is 2. The van der Waals surface area contributed by atoms with Crippen LogP contribution in [0, 0.1) is 0 Å². The third-order valence-corrected chi connectivity index (χ3v) is 9.85. The SMILES string of the molecule is CC1(C)OC(=O)C(=C2Sc3c(O)c4c(c(O)c3S2)SC(=C2C(=O)OC(C)(C)OC2=O)S4)C(=O)O1. The van der Waals surface area contributed by atoms with E-state index in [1.807, 2.05) is 0 Å². The lowest BCUT2D eigenvalue weighted by atomic mass is 10.2. The molecule has 0 unspecified atom stereocenters. The fraction of sp³-hybridized carbons (Fsp3) is 0.300. The monoisotopic (exact) mass is 542 g/mol. The summed E-state index contributed by atoms with van der Waals surface area (Å²) in [6.07, 6.45) is 0. The Bertz CT molecular complexity index is 1120. The number of rotatable bonds is 0. The number of esters is 4. The third kappa shape index (κ3) is 3.63. The molecule has 4 aliphatic rings. The van der Waals surface area contributed by atoms with E-state index in [1.54, 1.807) is 0 Å². The molecule has 0 aliphatic carbocycles. The Kier molecular flexibility index (Phi) is 5.17. The Balaban J connectivity index is 1.52. The minimum Gasteiger partial charge on any atom is -0.505 e. The van der Waals surface area contributed by atoms with Gasteiger partial charge in [-0.15, -0.1) is 0 Å². The highest BCUT2D eigenvalue weighted by Gasteiger charge is 2.46. The Morgan fingerprint density at radius 1 is 0.529 bits per heavy atom. The Hall–Kier alpha value is -2.42. The Morgan fingerprint density at radius 3 is 1.00 bits per heavy atom. The van der Waals surface area contributed by atoms with Gasteiger partial charge in [0.25, 0.3) is 11.6 Å². The maximum absolute atomic E-state index is 12.4. The number of aromatic hydroxyl groups is 2. The third-order valence-electron chi connectivity index (χ3n) is 4.63. The number of ether oxygens (including phenoxy) is 4. The van der Waals surface area contributed by atoms with Crippen LogP contribution in [0.5, 0.6) is 11.5 Å². The van der Waals surface area contributed by atoms with Crippen molar-refractivity contribution in [2.45, 2.75) is 58.9 Å². The molecule has 2 saturated heterocycles. The van der Waals surface area contributed by atoms with Crippen LogP contribution in [0.15, 0.2) is 39.2 Å². The average molecular weight is 543 g/mol. The van der Waals surface area contributed by atoms with E-state index in [2.05, 4.69) is 0 Å². The molecule has 0 spiro atoms. The van der Waals surface area contributed by atoms with Crippen LogP contribution in [-0.2, 0) is 38.1 Å². The van der Waals surface area contributed by atoms with Crippen molar-refractivity contribution in [3.05, 3.63) is 19.6 Å². The number of carbonyl (C=O) groups is 4. The highest BCUT2D eigenvalue weighted by Crippen LogP contribution is 2.68. The molecular weight excluding hydrogens is 528 g/mol. The minimum absolute atomic E-state index is 0.185. The summed E-state index contributed by atoms with van der Waals surface area (Å²) in [5.74, 6) is -6.77. The number of cyclic esters (lactones) is 4. The lowest BCUT2D eigenvalue weighted by Crippen LogP contribution is -2.42. The van der Waals surface area contributed by atoms with Gasteiger partial charge in [0.1, 0.15) is 11.5 Å². The van der Waals surface area contributed by atoms with Crippen molar-refractivity contribution in [2.75, 3.05) is 0 Å². The van der Waals surface area contributed by atoms with E-state index in [1.165, 1.54) is 27.7 Å². The topological polar surface area (TPSA) is 146 Å². The van der Waals surface area contributed by atoms with Gasteiger partial charge in [-0.05, 0) is 0 Å². The van der Waals surface area contributed by atoms with Gasteiger partial charge in [-0.3, -0.25) is 0 Å². The van der Waals surface area contributed by atoms with E-state index >= 15 is 0 Å². The van der Waals surface area contributed by atoms with E-state index in [9.17, 15) is 29.4 Å². The molecule has 10 nitrogen and oxygen atoms in total. The zero-order valence-corrected chi connectivity index (χ0v) is 21.1. The van der Waals surface area contributed by atoms with E-state index in [0.717, 1.165) is 47.0 Å². The lowest BCUT2D eigenvalue weighted by Gasteiger charge is -2.30. The summed E-state index contributed by atoms with van der Waals surface area (Å²) in [6, 6.07) is 0. The lowest BCUT2D eigenvalue weighted by molar-refractivity contribution is -0.224. The van der Waals surface area contributed by atoms with Gasteiger partial charge in [-0.25, -0.2) is 19.2 Å². The maximum Gasteiger partial charge on any atom is 0.350 e. The Labute approximate surface area is 208 Å². The molecule has 0 radical (unpaired) electrons. The van der Waals surface area contributed by atoms with Gasteiger partial charge >= 0.3 is 23.9 Å². The highest BCUT2D eigenvalue weighted by atomic mass is 32.2. The standard InChI is InChI=1S/C20H14O10S4/c1-19(2)27-13(23)5(14(24)28-19)17-31-9-7(21)11-12(8(22)10(9)32-17)34-18(33-11)6-15(25)29-20(3,4)30-16(6)26/h21-22H,1-4H3. The van der Waals surface area contributed by atoms with Gasteiger partial charge in [0.15, 0.2) is 11.1 Å². The molecule has 1 aromatic carbocycles. The molecule has 34 heavy (non-hydrogen) atoms. The highest BCUT2D eigenvalue weighted by molar-refractivity contribution is 8.26. The summed E-state index contributed by atoms with van der Waals surface area (Å²) < 4.78 is 20.9. The fourth-order valence-corrected chi connectivity index (χ4v) is 8.60. The predicted octanol–water partition coefficient (Wildman–Crippen LogP) is 3.59. The van der Waals surface area contributed by atoms with Crippen LogP contribution in [0.4, 0.5) is 0 Å². The first-order valence-corrected chi connectivity index (χ1v) is 12.8. The first-order chi connectivity index (χ1) is 15.8. The molecular formula is C20H14O10S4. The zero-order valence-electron chi connectivity index (χ0n) is 17.8. The number of hydrogen-bond acceptors (Lipinski definition) is 14. The van der Waals surface area contributed by atoms with Crippen molar-refractivity contribution in [3.63, 3.8) is 0 Å². The van der Waals surface area contributed by atoms with Crippen molar-refractivity contribution in [1.29, 1.82) is 0 Å². The molecule has 4 aliphatic heterocycles. The van der Waals surface area contributed by atoms with Crippen LogP contribution in [0.2, 0.25) is 0 Å².